The van der Waals surface area contributed by atoms with E-state index in [9.17, 15) is 4.79 Å². The van der Waals surface area contributed by atoms with E-state index in [0.29, 0.717) is 13.1 Å². The van der Waals surface area contributed by atoms with Gasteiger partial charge in [0.15, 0.2) is 0 Å². The van der Waals surface area contributed by atoms with E-state index in [0.717, 1.165) is 18.9 Å². The molecule has 0 fully saturated rings. The number of amides is 1. The van der Waals surface area contributed by atoms with Crippen LogP contribution >= 0.6 is 0 Å². The number of nitrogens with one attached hydrogen (secondary N) is 1. The third-order valence-corrected chi connectivity index (χ3v) is 2.87. The normalized spacial score (nSPS) is 15.8. The second-order valence-corrected chi connectivity index (χ2v) is 5.46. The van der Waals surface area contributed by atoms with Gasteiger partial charge < -0.3 is 14.8 Å². The maximum atomic E-state index is 12.0. The highest BCUT2D eigenvalue weighted by atomic mass is 16.2. The van der Waals surface area contributed by atoms with E-state index in [-0.39, 0.29) is 11.4 Å². The summed E-state index contributed by atoms with van der Waals surface area (Å²) in [6.07, 6.45) is 3.75. The molecule has 0 saturated heterocycles. The Morgan fingerprint density at radius 1 is 1.47 bits per heavy atom. The quantitative estimate of drug-likeness (QED) is 0.818. The Morgan fingerprint density at radius 3 is 2.94 bits per heavy atom. The molecule has 1 N–H and O–H groups in total. The maximum Gasteiger partial charge on any atom is 0.237 e. The number of nitrogens with zero attached hydrogens (tertiary/aromatic N) is 3. The summed E-state index contributed by atoms with van der Waals surface area (Å²) in [5.74, 6) is 1.12. The first-order chi connectivity index (χ1) is 7.96. The molecule has 2 rings (SSSR count). The van der Waals surface area contributed by atoms with Crippen LogP contribution < -0.4 is 5.32 Å². The van der Waals surface area contributed by atoms with Gasteiger partial charge in [-0.2, -0.15) is 0 Å². The number of imidazole rings is 1. The predicted octanol–water partition coefficient (Wildman–Crippen LogP) is 0.613. The van der Waals surface area contributed by atoms with Gasteiger partial charge in [-0.1, -0.05) is 0 Å². The molecule has 5 nitrogen and oxygen atoms in total. The number of hydrogen-bond donors (Lipinski definition) is 1. The number of rotatable bonds is 2. The van der Waals surface area contributed by atoms with E-state index >= 15 is 0 Å². The van der Waals surface area contributed by atoms with E-state index in [2.05, 4.69) is 35.6 Å². The van der Waals surface area contributed by atoms with Crippen LogP contribution in [-0.4, -0.2) is 39.0 Å². The van der Waals surface area contributed by atoms with Crippen molar-refractivity contribution in [3.8, 4) is 0 Å². The van der Waals surface area contributed by atoms with Crippen LogP contribution in [0.5, 0.6) is 0 Å². The Morgan fingerprint density at radius 2 is 2.24 bits per heavy atom. The van der Waals surface area contributed by atoms with E-state index < -0.39 is 0 Å². The minimum Gasteiger partial charge on any atom is -0.332 e. The number of aromatic nitrogens is 2. The summed E-state index contributed by atoms with van der Waals surface area (Å²) in [5, 5.41) is 3.22. The van der Waals surface area contributed by atoms with Crippen molar-refractivity contribution in [1.29, 1.82) is 0 Å². The standard InChI is InChI=1S/C12H20N4O/c1-12(2,3)14-8-11(17)16-7-6-15-5-4-13-10(15)9-16/h4-5,14H,6-9H2,1-3H3. The van der Waals surface area contributed by atoms with Crippen molar-refractivity contribution in [2.45, 2.75) is 39.4 Å². The van der Waals surface area contributed by atoms with Gasteiger partial charge in [0.1, 0.15) is 5.82 Å². The zero-order valence-corrected chi connectivity index (χ0v) is 10.7. The first kappa shape index (κ1) is 12.1. The Hall–Kier alpha value is -1.36. The van der Waals surface area contributed by atoms with Crippen LogP contribution in [0.25, 0.3) is 0 Å². The van der Waals surface area contributed by atoms with E-state index in [1.165, 1.54) is 0 Å². The zero-order valence-electron chi connectivity index (χ0n) is 10.7. The second-order valence-electron chi connectivity index (χ2n) is 5.46. The fraction of sp³-hybridized carbons (Fsp3) is 0.667. The van der Waals surface area contributed by atoms with Gasteiger partial charge in [0.05, 0.1) is 13.1 Å². The average molecular weight is 236 g/mol. The number of carbonyl (C=O) groups excluding carboxylic acids is 1. The van der Waals surface area contributed by atoms with Crippen LogP contribution in [0.4, 0.5) is 0 Å². The van der Waals surface area contributed by atoms with Gasteiger partial charge in [-0.3, -0.25) is 4.79 Å². The van der Waals surface area contributed by atoms with Gasteiger partial charge in [-0.05, 0) is 20.8 Å². The Kier molecular flexibility index (Phi) is 3.19. The highest BCUT2D eigenvalue weighted by Crippen LogP contribution is 2.10. The molecule has 17 heavy (non-hydrogen) atoms. The smallest absolute Gasteiger partial charge is 0.237 e. The van der Waals surface area contributed by atoms with Crippen LogP contribution in [-0.2, 0) is 17.9 Å². The summed E-state index contributed by atoms with van der Waals surface area (Å²) in [7, 11) is 0. The largest absolute Gasteiger partial charge is 0.332 e. The lowest BCUT2D eigenvalue weighted by atomic mass is 10.1. The summed E-state index contributed by atoms with van der Waals surface area (Å²) in [6, 6.07) is 0. The lowest BCUT2D eigenvalue weighted by Crippen LogP contribution is -2.47. The van der Waals surface area contributed by atoms with Crippen LogP contribution in [0.15, 0.2) is 12.4 Å². The molecule has 0 radical (unpaired) electrons. The maximum absolute atomic E-state index is 12.0. The van der Waals surface area contributed by atoms with Gasteiger partial charge >= 0.3 is 0 Å². The first-order valence-electron chi connectivity index (χ1n) is 5.98. The van der Waals surface area contributed by atoms with Gasteiger partial charge in [-0.25, -0.2) is 4.98 Å². The summed E-state index contributed by atoms with van der Waals surface area (Å²) in [6.45, 7) is 8.81. The molecule has 2 heterocycles. The number of hydrogen-bond acceptors (Lipinski definition) is 3. The lowest BCUT2D eigenvalue weighted by Gasteiger charge is -2.29. The summed E-state index contributed by atoms with van der Waals surface area (Å²) in [4.78, 5) is 18.1. The summed E-state index contributed by atoms with van der Waals surface area (Å²) < 4.78 is 2.10. The number of fused-ring (bicyclic) bond motifs is 1. The van der Waals surface area contributed by atoms with Crippen molar-refractivity contribution < 1.29 is 4.79 Å². The molecule has 1 aliphatic heterocycles. The summed E-state index contributed by atoms with van der Waals surface area (Å²) >= 11 is 0. The third-order valence-electron chi connectivity index (χ3n) is 2.87. The SMILES string of the molecule is CC(C)(C)NCC(=O)N1CCn2ccnc2C1. The molecule has 0 unspecified atom stereocenters. The highest BCUT2D eigenvalue weighted by molar-refractivity contribution is 5.78. The molecule has 0 aromatic carbocycles. The van der Waals surface area contributed by atoms with Crippen molar-refractivity contribution in [1.82, 2.24) is 19.8 Å². The van der Waals surface area contributed by atoms with Crippen molar-refractivity contribution in [2.75, 3.05) is 13.1 Å². The van der Waals surface area contributed by atoms with Crippen molar-refractivity contribution >= 4 is 5.91 Å². The van der Waals surface area contributed by atoms with Crippen LogP contribution in [0.3, 0.4) is 0 Å². The van der Waals surface area contributed by atoms with E-state index in [1.54, 1.807) is 6.20 Å². The predicted molar refractivity (Wildman–Crippen MR) is 65.4 cm³/mol. The third kappa shape index (κ3) is 3.06. The topological polar surface area (TPSA) is 50.2 Å². The van der Waals surface area contributed by atoms with E-state index in [1.807, 2.05) is 11.1 Å². The molecule has 0 saturated carbocycles. The minimum absolute atomic E-state index is 0.0239. The van der Waals surface area contributed by atoms with Gasteiger partial charge in [0.25, 0.3) is 0 Å². The average Bonchev–Trinajstić information content (AvgIpc) is 2.71. The molecule has 1 aromatic rings. The molecular weight excluding hydrogens is 216 g/mol. The molecule has 0 atom stereocenters. The monoisotopic (exact) mass is 236 g/mol. The second kappa shape index (κ2) is 4.49. The van der Waals surface area contributed by atoms with Gasteiger partial charge in [0.2, 0.25) is 5.91 Å². The first-order valence-corrected chi connectivity index (χ1v) is 5.98. The molecule has 1 amide bonds. The molecule has 1 aliphatic rings. The van der Waals surface area contributed by atoms with Crippen molar-refractivity contribution in [3.63, 3.8) is 0 Å². The van der Waals surface area contributed by atoms with Crippen LogP contribution in [0.2, 0.25) is 0 Å². The minimum atomic E-state index is -0.0239. The Balaban J connectivity index is 1.90. The molecule has 0 bridgehead atoms. The molecule has 94 valence electrons. The van der Waals surface area contributed by atoms with Crippen LogP contribution in [0.1, 0.15) is 26.6 Å². The Bertz CT molecular complexity index is 405. The zero-order chi connectivity index (χ0) is 12.5. The van der Waals surface area contributed by atoms with E-state index in [4.69, 9.17) is 0 Å². The lowest BCUT2D eigenvalue weighted by molar-refractivity contribution is -0.132. The number of carbonyl (C=O) groups is 1. The Labute approximate surface area is 102 Å². The fourth-order valence-electron chi connectivity index (χ4n) is 1.84. The summed E-state index contributed by atoms with van der Waals surface area (Å²) in [5.41, 5.74) is -0.0239. The molecule has 1 aromatic heterocycles. The molecule has 5 heteroatoms. The molecule has 0 aliphatic carbocycles. The van der Waals surface area contributed by atoms with Gasteiger partial charge in [0, 0.05) is 31.0 Å². The van der Waals surface area contributed by atoms with Crippen molar-refractivity contribution in [2.24, 2.45) is 0 Å². The van der Waals surface area contributed by atoms with Gasteiger partial charge in [-0.15, -0.1) is 0 Å². The highest BCUT2D eigenvalue weighted by Gasteiger charge is 2.21. The molecule has 0 spiro atoms. The van der Waals surface area contributed by atoms with Crippen molar-refractivity contribution in [3.05, 3.63) is 18.2 Å². The molecular formula is C12H20N4O. The fourth-order valence-corrected chi connectivity index (χ4v) is 1.84. The van der Waals surface area contributed by atoms with Crippen LogP contribution in [0, 0.1) is 0 Å².